The zero-order valence-corrected chi connectivity index (χ0v) is 9.87. The number of ether oxygens (including phenoxy) is 1. The van der Waals surface area contributed by atoms with Crippen molar-refractivity contribution in [2.75, 3.05) is 32.8 Å². The number of nitrogens with zero attached hydrogens (tertiary/aromatic N) is 1. The van der Waals surface area contributed by atoms with Gasteiger partial charge in [0.1, 0.15) is 0 Å². The molecule has 2 aliphatic rings. The third kappa shape index (κ3) is 2.71. The Hall–Kier alpha value is -0.120. The first kappa shape index (κ1) is 11.4. The SMILES string of the molecule is CC1(CN2CCCCCC2)COCC1N. The van der Waals surface area contributed by atoms with Crippen molar-refractivity contribution in [2.45, 2.75) is 38.6 Å². The van der Waals surface area contributed by atoms with Crippen molar-refractivity contribution in [3.05, 3.63) is 0 Å². The molecule has 88 valence electrons. The number of likely N-dealkylation sites (tertiary alicyclic amines) is 1. The summed E-state index contributed by atoms with van der Waals surface area (Å²) in [6.07, 6.45) is 5.50. The largest absolute Gasteiger partial charge is 0.379 e. The van der Waals surface area contributed by atoms with Crippen LogP contribution in [0.1, 0.15) is 32.6 Å². The highest BCUT2D eigenvalue weighted by molar-refractivity contribution is 4.92. The number of nitrogens with two attached hydrogens (primary N) is 1. The minimum absolute atomic E-state index is 0.185. The van der Waals surface area contributed by atoms with Crippen LogP contribution in [0.4, 0.5) is 0 Å². The van der Waals surface area contributed by atoms with Crippen molar-refractivity contribution in [1.29, 1.82) is 0 Å². The van der Waals surface area contributed by atoms with Crippen molar-refractivity contribution in [1.82, 2.24) is 4.90 Å². The maximum atomic E-state index is 6.12. The summed E-state index contributed by atoms with van der Waals surface area (Å²) in [4.78, 5) is 2.58. The highest BCUT2D eigenvalue weighted by atomic mass is 16.5. The summed E-state index contributed by atoms with van der Waals surface area (Å²) < 4.78 is 5.49. The van der Waals surface area contributed by atoms with Gasteiger partial charge in [-0.2, -0.15) is 0 Å². The van der Waals surface area contributed by atoms with Gasteiger partial charge < -0.3 is 15.4 Å². The van der Waals surface area contributed by atoms with Gasteiger partial charge in [0, 0.05) is 18.0 Å². The zero-order valence-electron chi connectivity index (χ0n) is 9.87. The van der Waals surface area contributed by atoms with Gasteiger partial charge in [-0.05, 0) is 25.9 Å². The second kappa shape index (κ2) is 4.81. The third-order valence-corrected chi connectivity index (χ3v) is 3.91. The molecule has 2 atom stereocenters. The van der Waals surface area contributed by atoms with E-state index < -0.39 is 0 Å². The van der Waals surface area contributed by atoms with Gasteiger partial charge in [-0.15, -0.1) is 0 Å². The van der Waals surface area contributed by atoms with E-state index in [1.165, 1.54) is 38.8 Å². The second-order valence-electron chi connectivity index (χ2n) is 5.47. The van der Waals surface area contributed by atoms with Crippen LogP contribution in [-0.2, 0) is 4.74 Å². The highest BCUT2D eigenvalue weighted by Crippen LogP contribution is 2.28. The molecule has 2 fully saturated rings. The Morgan fingerprint density at radius 3 is 2.47 bits per heavy atom. The average molecular weight is 212 g/mol. The summed E-state index contributed by atoms with van der Waals surface area (Å²) in [6.45, 7) is 7.48. The molecule has 2 saturated heterocycles. The number of hydrogen-bond donors (Lipinski definition) is 1. The van der Waals surface area contributed by atoms with E-state index >= 15 is 0 Å². The van der Waals surface area contributed by atoms with Gasteiger partial charge in [-0.3, -0.25) is 0 Å². The molecule has 2 unspecified atom stereocenters. The fraction of sp³-hybridized carbons (Fsp3) is 1.00. The Labute approximate surface area is 93.0 Å². The van der Waals surface area contributed by atoms with Crippen LogP contribution in [-0.4, -0.2) is 43.8 Å². The summed E-state index contributed by atoms with van der Waals surface area (Å²) >= 11 is 0. The van der Waals surface area contributed by atoms with Gasteiger partial charge in [-0.1, -0.05) is 19.8 Å². The smallest absolute Gasteiger partial charge is 0.0624 e. The third-order valence-electron chi connectivity index (χ3n) is 3.91. The zero-order chi connectivity index (χ0) is 10.7. The molecular formula is C12H24N2O. The Morgan fingerprint density at radius 1 is 1.27 bits per heavy atom. The maximum absolute atomic E-state index is 6.12. The van der Waals surface area contributed by atoms with Crippen molar-refractivity contribution in [3.8, 4) is 0 Å². The van der Waals surface area contributed by atoms with Crippen LogP contribution in [0.25, 0.3) is 0 Å². The van der Waals surface area contributed by atoms with Crippen molar-refractivity contribution < 1.29 is 4.74 Å². The first-order chi connectivity index (χ1) is 7.21. The van der Waals surface area contributed by atoms with Gasteiger partial charge in [0.05, 0.1) is 13.2 Å². The predicted octanol–water partition coefficient (Wildman–Crippen LogP) is 1.23. The summed E-state index contributed by atoms with van der Waals surface area (Å²) in [6, 6.07) is 0.223. The molecule has 0 aromatic carbocycles. The van der Waals surface area contributed by atoms with Gasteiger partial charge in [-0.25, -0.2) is 0 Å². The van der Waals surface area contributed by atoms with Crippen LogP contribution in [0.5, 0.6) is 0 Å². The van der Waals surface area contributed by atoms with E-state index in [9.17, 15) is 0 Å². The fourth-order valence-corrected chi connectivity index (χ4v) is 2.70. The molecule has 0 radical (unpaired) electrons. The van der Waals surface area contributed by atoms with Crippen LogP contribution in [0.2, 0.25) is 0 Å². The summed E-state index contributed by atoms with van der Waals surface area (Å²) in [5.74, 6) is 0. The summed E-state index contributed by atoms with van der Waals surface area (Å²) in [5.41, 5.74) is 6.30. The number of rotatable bonds is 2. The lowest BCUT2D eigenvalue weighted by Crippen LogP contribution is -2.47. The van der Waals surface area contributed by atoms with E-state index in [2.05, 4.69) is 11.8 Å². The Bertz CT molecular complexity index is 202. The van der Waals surface area contributed by atoms with Gasteiger partial charge in [0.2, 0.25) is 0 Å². The molecule has 0 aromatic rings. The van der Waals surface area contributed by atoms with Gasteiger partial charge in [0.25, 0.3) is 0 Å². The standard InChI is InChI=1S/C12H24N2O/c1-12(10-15-8-11(12)13)9-14-6-4-2-3-5-7-14/h11H,2-10,13H2,1H3. The lowest BCUT2D eigenvalue weighted by molar-refractivity contribution is 0.120. The minimum Gasteiger partial charge on any atom is -0.379 e. The Balaban J connectivity index is 1.88. The lowest BCUT2D eigenvalue weighted by Gasteiger charge is -2.33. The van der Waals surface area contributed by atoms with E-state index in [0.717, 1.165) is 19.8 Å². The molecule has 2 heterocycles. The molecular weight excluding hydrogens is 188 g/mol. The van der Waals surface area contributed by atoms with Crippen LogP contribution >= 0.6 is 0 Å². The fourth-order valence-electron chi connectivity index (χ4n) is 2.70. The first-order valence-corrected chi connectivity index (χ1v) is 6.26. The molecule has 3 heteroatoms. The molecule has 3 nitrogen and oxygen atoms in total. The second-order valence-corrected chi connectivity index (χ2v) is 5.47. The van der Waals surface area contributed by atoms with Gasteiger partial charge >= 0.3 is 0 Å². The molecule has 0 saturated carbocycles. The molecule has 0 amide bonds. The summed E-state index contributed by atoms with van der Waals surface area (Å²) in [5, 5.41) is 0. The average Bonchev–Trinajstić information content (AvgIpc) is 2.44. The molecule has 15 heavy (non-hydrogen) atoms. The lowest BCUT2D eigenvalue weighted by atomic mass is 9.85. The Morgan fingerprint density at radius 2 is 1.93 bits per heavy atom. The van der Waals surface area contributed by atoms with Crippen LogP contribution in [0.3, 0.4) is 0 Å². The normalized spacial score (nSPS) is 39.2. The number of hydrogen-bond acceptors (Lipinski definition) is 3. The van der Waals surface area contributed by atoms with Gasteiger partial charge in [0.15, 0.2) is 0 Å². The van der Waals surface area contributed by atoms with Crippen LogP contribution in [0, 0.1) is 5.41 Å². The molecule has 0 aromatic heterocycles. The van der Waals surface area contributed by atoms with E-state index in [0.29, 0.717) is 0 Å². The van der Waals surface area contributed by atoms with E-state index in [1.54, 1.807) is 0 Å². The first-order valence-electron chi connectivity index (χ1n) is 6.26. The van der Waals surface area contributed by atoms with Crippen LogP contribution < -0.4 is 5.73 Å². The molecule has 0 spiro atoms. The predicted molar refractivity (Wildman–Crippen MR) is 61.8 cm³/mol. The van der Waals surface area contributed by atoms with Crippen molar-refractivity contribution >= 4 is 0 Å². The monoisotopic (exact) mass is 212 g/mol. The van der Waals surface area contributed by atoms with Crippen molar-refractivity contribution in [3.63, 3.8) is 0 Å². The molecule has 0 aliphatic carbocycles. The Kier molecular flexibility index (Phi) is 3.65. The minimum atomic E-state index is 0.185. The molecule has 2 N–H and O–H groups in total. The maximum Gasteiger partial charge on any atom is 0.0624 e. The summed E-state index contributed by atoms with van der Waals surface area (Å²) in [7, 11) is 0. The van der Waals surface area contributed by atoms with Crippen LogP contribution in [0.15, 0.2) is 0 Å². The quantitative estimate of drug-likeness (QED) is 0.748. The van der Waals surface area contributed by atoms with E-state index in [-0.39, 0.29) is 11.5 Å². The molecule has 0 bridgehead atoms. The molecule has 2 aliphatic heterocycles. The highest BCUT2D eigenvalue weighted by Gasteiger charge is 2.38. The van der Waals surface area contributed by atoms with E-state index in [1.807, 2.05) is 0 Å². The molecule has 2 rings (SSSR count). The van der Waals surface area contributed by atoms with Crippen molar-refractivity contribution in [2.24, 2.45) is 11.1 Å². The van der Waals surface area contributed by atoms with E-state index in [4.69, 9.17) is 10.5 Å². The topological polar surface area (TPSA) is 38.5 Å².